The van der Waals surface area contributed by atoms with Gasteiger partial charge in [-0.1, -0.05) is 12.6 Å². The molecule has 0 aliphatic rings. The van der Waals surface area contributed by atoms with Gasteiger partial charge < -0.3 is 10.5 Å². The third-order valence-corrected chi connectivity index (χ3v) is 1.79. The second-order valence-electron chi connectivity index (χ2n) is 2.71. The highest BCUT2D eigenvalue weighted by atomic mass is 16.5. The van der Waals surface area contributed by atoms with Gasteiger partial charge in [-0.25, -0.2) is 0 Å². The Morgan fingerprint density at radius 2 is 2.17 bits per heavy atom. The Morgan fingerprint density at radius 1 is 1.50 bits per heavy atom. The lowest BCUT2D eigenvalue weighted by molar-refractivity contribution is 0.414. The van der Waals surface area contributed by atoms with E-state index in [1.165, 1.54) is 0 Å². The minimum atomic E-state index is 0.575. The number of methoxy groups -OCH3 is 1. The molecule has 0 aliphatic carbocycles. The maximum atomic E-state index is 5.59. The number of hydrogen-bond acceptors (Lipinski definition) is 2. The van der Waals surface area contributed by atoms with Crippen molar-refractivity contribution in [1.29, 1.82) is 0 Å². The highest BCUT2D eigenvalue weighted by Crippen LogP contribution is 2.19. The number of aryl methyl sites for hydroxylation is 1. The van der Waals surface area contributed by atoms with Gasteiger partial charge in [0.2, 0.25) is 0 Å². The molecule has 0 radical (unpaired) electrons. The first-order valence-electron chi connectivity index (χ1n) is 3.74. The van der Waals surface area contributed by atoms with Crippen molar-refractivity contribution in [3.63, 3.8) is 0 Å². The van der Waals surface area contributed by atoms with Crippen LogP contribution < -0.4 is 10.5 Å². The molecule has 0 amide bonds. The minimum absolute atomic E-state index is 0.575. The molecule has 1 aromatic carbocycles. The van der Waals surface area contributed by atoms with Gasteiger partial charge in [-0.05, 0) is 24.6 Å². The van der Waals surface area contributed by atoms with Crippen LogP contribution in [0.4, 0.5) is 0 Å². The van der Waals surface area contributed by atoms with Crippen molar-refractivity contribution in [3.8, 4) is 5.75 Å². The SMILES string of the molecule is C=C(N)c1cc(OC)ccc1C. The largest absolute Gasteiger partial charge is 0.497 e. The van der Waals surface area contributed by atoms with Gasteiger partial charge in [0.25, 0.3) is 0 Å². The van der Waals surface area contributed by atoms with Crippen LogP contribution in [0.3, 0.4) is 0 Å². The van der Waals surface area contributed by atoms with Gasteiger partial charge in [-0.3, -0.25) is 0 Å². The predicted molar refractivity (Wildman–Crippen MR) is 51.0 cm³/mol. The Balaban J connectivity index is 3.17. The average Bonchev–Trinajstić information content (AvgIpc) is 2.05. The first-order chi connectivity index (χ1) is 5.65. The van der Waals surface area contributed by atoms with Crippen LogP contribution in [0.2, 0.25) is 0 Å². The van der Waals surface area contributed by atoms with E-state index in [9.17, 15) is 0 Å². The van der Waals surface area contributed by atoms with Crippen LogP contribution in [0.5, 0.6) is 5.75 Å². The maximum absolute atomic E-state index is 5.59. The molecule has 1 aromatic rings. The van der Waals surface area contributed by atoms with Crippen molar-refractivity contribution >= 4 is 5.70 Å². The van der Waals surface area contributed by atoms with E-state index in [2.05, 4.69) is 6.58 Å². The summed E-state index contributed by atoms with van der Waals surface area (Å²) in [6.45, 7) is 5.68. The molecule has 2 nitrogen and oxygen atoms in total. The van der Waals surface area contributed by atoms with Gasteiger partial charge in [-0.15, -0.1) is 0 Å². The number of nitrogens with two attached hydrogens (primary N) is 1. The van der Waals surface area contributed by atoms with Crippen molar-refractivity contribution < 1.29 is 4.74 Å². The fourth-order valence-electron chi connectivity index (χ4n) is 1.07. The van der Waals surface area contributed by atoms with Gasteiger partial charge >= 0.3 is 0 Å². The summed E-state index contributed by atoms with van der Waals surface area (Å²) >= 11 is 0. The molecule has 0 aliphatic heterocycles. The maximum Gasteiger partial charge on any atom is 0.119 e. The second kappa shape index (κ2) is 3.30. The molecule has 12 heavy (non-hydrogen) atoms. The first-order valence-corrected chi connectivity index (χ1v) is 3.74. The summed E-state index contributed by atoms with van der Waals surface area (Å²) in [6, 6.07) is 5.76. The summed E-state index contributed by atoms with van der Waals surface area (Å²) in [6.07, 6.45) is 0. The van der Waals surface area contributed by atoms with E-state index in [1.54, 1.807) is 7.11 Å². The van der Waals surface area contributed by atoms with Crippen LogP contribution >= 0.6 is 0 Å². The number of hydrogen-bond donors (Lipinski definition) is 1. The average molecular weight is 163 g/mol. The van der Waals surface area contributed by atoms with E-state index in [1.807, 2.05) is 25.1 Å². The molecule has 0 bridgehead atoms. The van der Waals surface area contributed by atoms with E-state index >= 15 is 0 Å². The molecule has 0 saturated carbocycles. The summed E-state index contributed by atoms with van der Waals surface area (Å²) in [5.41, 5.74) is 8.23. The van der Waals surface area contributed by atoms with E-state index in [4.69, 9.17) is 10.5 Å². The highest BCUT2D eigenvalue weighted by Gasteiger charge is 2.00. The van der Waals surface area contributed by atoms with Crippen LogP contribution in [-0.4, -0.2) is 7.11 Å². The zero-order valence-electron chi connectivity index (χ0n) is 7.42. The Bertz CT molecular complexity index is 305. The van der Waals surface area contributed by atoms with Crippen molar-refractivity contribution in [2.45, 2.75) is 6.92 Å². The predicted octanol–water partition coefficient (Wildman–Crippen LogP) is 1.93. The quantitative estimate of drug-likeness (QED) is 0.723. The minimum Gasteiger partial charge on any atom is -0.497 e. The monoisotopic (exact) mass is 163 g/mol. The molecule has 1 rings (SSSR count). The fourth-order valence-corrected chi connectivity index (χ4v) is 1.07. The number of ether oxygens (including phenoxy) is 1. The van der Waals surface area contributed by atoms with E-state index < -0.39 is 0 Å². The van der Waals surface area contributed by atoms with Gasteiger partial charge in [-0.2, -0.15) is 0 Å². The lowest BCUT2D eigenvalue weighted by Gasteiger charge is -2.06. The molecule has 2 N–H and O–H groups in total. The summed E-state index contributed by atoms with van der Waals surface area (Å²) in [4.78, 5) is 0. The molecule has 0 aromatic heterocycles. The Kier molecular flexibility index (Phi) is 2.38. The standard InChI is InChI=1S/C10H13NO/c1-7-4-5-9(12-3)6-10(7)8(2)11/h4-6H,2,11H2,1,3H3. The topological polar surface area (TPSA) is 35.2 Å². The molecule has 0 saturated heterocycles. The normalized spacial score (nSPS) is 9.50. The van der Waals surface area contributed by atoms with Crippen LogP contribution in [0.1, 0.15) is 11.1 Å². The van der Waals surface area contributed by atoms with E-state index in [-0.39, 0.29) is 0 Å². The summed E-state index contributed by atoms with van der Waals surface area (Å²) in [5.74, 6) is 0.808. The summed E-state index contributed by atoms with van der Waals surface area (Å²) in [5, 5.41) is 0. The Morgan fingerprint density at radius 3 is 2.67 bits per heavy atom. The molecule has 2 heteroatoms. The van der Waals surface area contributed by atoms with E-state index in [0.717, 1.165) is 16.9 Å². The summed E-state index contributed by atoms with van der Waals surface area (Å²) in [7, 11) is 1.63. The molecule has 0 atom stereocenters. The zero-order valence-corrected chi connectivity index (χ0v) is 7.42. The number of rotatable bonds is 2. The molecule has 0 spiro atoms. The van der Waals surface area contributed by atoms with Crippen molar-refractivity contribution in [3.05, 3.63) is 35.9 Å². The molecule has 0 unspecified atom stereocenters. The molecule has 0 heterocycles. The van der Waals surface area contributed by atoms with Gasteiger partial charge in [0.1, 0.15) is 5.75 Å². The fraction of sp³-hybridized carbons (Fsp3) is 0.200. The lowest BCUT2D eigenvalue weighted by Crippen LogP contribution is -1.97. The van der Waals surface area contributed by atoms with Gasteiger partial charge in [0, 0.05) is 11.3 Å². The van der Waals surface area contributed by atoms with Crippen LogP contribution in [0.25, 0.3) is 5.70 Å². The van der Waals surface area contributed by atoms with Gasteiger partial charge in [0.05, 0.1) is 7.11 Å². The molecular formula is C10H13NO. The van der Waals surface area contributed by atoms with Crippen molar-refractivity contribution in [1.82, 2.24) is 0 Å². The molecule has 0 fully saturated rings. The second-order valence-corrected chi connectivity index (χ2v) is 2.71. The van der Waals surface area contributed by atoms with Crippen molar-refractivity contribution in [2.24, 2.45) is 5.73 Å². The zero-order chi connectivity index (χ0) is 9.14. The van der Waals surface area contributed by atoms with E-state index in [0.29, 0.717) is 5.70 Å². The lowest BCUT2D eigenvalue weighted by atomic mass is 10.1. The smallest absolute Gasteiger partial charge is 0.119 e. The third-order valence-electron chi connectivity index (χ3n) is 1.79. The van der Waals surface area contributed by atoms with Crippen molar-refractivity contribution in [2.75, 3.05) is 7.11 Å². The molecule has 64 valence electrons. The third kappa shape index (κ3) is 1.59. The summed E-state index contributed by atoms with van der Waals surface area (Å²) < 4.78 is 5.06. The first kappa shape index (κ1) is 8.65. The Hall–Kier alpha value is -1.44. The number of benzene rings is 1. The van der Waals surface area contributed by atoms with Crippen LogP contribution in [0, 0.1) is 6.92 Å². The molecular weight excluding hydrogens is 150 g/mol. The highest BCUT2D eigenvalue weighted by molar-refractivity contribution is 5.64. The van der Waals surface area contributed by atoms with Crippen LogP contribution in [-0.2, 0) is 0 Å². The Labute approximate surface area is 72.7 Å². The van der Waals surface area contributed by atoms with Gasteiger partial charge in [0.15, 0.2) is 0 Å². The van der Waals surface area contributed by atoms with Crippen LogP contribution in [0.15, 0.2) is 24.8 Å².